The first kappa shape index (κ1) is 16.0. The van der Waals surface area contributed by atoms with Crippen LogP contribution in [-0.2, 0) is 12.6 Å². The van der Waals surface area contributed by atoms with Crippen LogP contribution in [0.3, 0.4) is 0 Å². The summed E-state index contributed by atoms with van der Waals surface area (Å²) in [6.45, 7) is 2.03. The number of hydrogen-bond donors (Lipinski definition) is 0. The fourth-order valence-corrected chi connectivity index (χ4v) is 3.17. The van der Waals surface area contributed by atoms with Gasteiger partial charge in [-0.25, -0.2) is 4.98 Å². The van der Waals surface area contributed by atoms with Gasteiger partial charge in [-0.3, -0.25) is 9.98 Å². The molecule has 120 valence electrons. The van der Waals surface area contributed by atoms with E-state index in [1.165, 1.54) is 0 Å². The third-order valence-corrected chi connectivity index (χ3v) is 4.38. The van der Waals surface area contributed by atoms with Crippen LogP contribution in [0.1, 0.15) is 30.2 Å². The van der Waals surface area contributed by atoms with Crippen molar-refractivity contribution in [2.75, 3.05) is 5.75 Å². The third kappa shape index (κ3) is 3.39. The van der Waals surface area contributed by atoms with Crippen LogP contribution < -0.4 is 0 Å². The minimum Gasteiger partial charge on any atom is -0.258 e. The Hall–Kier alpha value is -1.89. The lowest BCUT2D eigenvalue weighted by atomic mass is 10.0. The zero-order chi connectivity index (χ0) is 16.4. The number of nitrogens with zero attached hydrogens (tertiary/aromatic N) is 3. The van der Waals surface area contributed by atoms with Gasteiger partial charge < -0.3 is 0 Å². The van der Waals surface area contributed by atoms with Gasteiger partial charge in [0.1, 0.15) is 5.03 Å². The van der Waals surface area contributed by atoms with Crippen molar-refractivity contribution in [2.24, 2.45) is 4.99 Å². The molecule has 0 bridgehead atoms. The fraction of sp³-hybridized carbons (Fsp3) is 0.312. The molecule has 3 rings (SSSR count). The molecule has 0 aliphatic carbocycles. The van der Waals surface area contributed by atoms with Gasteiger partial charge in [0.15, 0.2) is 0 Å². The van der Waals surface area contributed by atoms with Gasteiger partial charge in [-0.2, -0.15) is 13.2 Å². The molecule has 0 N–H and O–H groups in total. The lowest BCUT2D eigenvalue weighted by Gasteiger charge is -2.17. The van der Waals surface area contributed by atoms with E-state index in [1.807, 2.05) is 19.1 Å². The van der Waals surface area contributed by atoms with Crippen molar-refractivity contribution in [3.05, 3.63) is 47.4 Å². The predicted molar refractivity (Wildman–Crippen MR) is 84.4 cm³/mol. The SMILES string of the molecule is CCSc1ncccc1C1=Nc2cc(C(F)(F)F)cnc2CC1. The molecule has 0 aromatic carbocycles. The summed E-state index contributed by atoms with van der Waals surface area (Å²) in [5.41, 5.74) is 1.80. The van der Waals surface area contributed by atoms with Gasteiger partial charge in [-0.15, -0.1) is 11.8 Å². The highest BCUT2D eigenvalue weighted by molar-refractivity contribution is 7.99. The van der Waals surface area contributed by atoms with Gasteiger partial charge in [-0.1, -0.05) is 6.92 Å². The quantitative estimate of drug-likeness (QED) is 0.764. The summed E-state index contributed by atoms with van der Waals surface area (Å²) < 4.78 is 38.5. The van der Waals surface area contributed by atoms with Crippen LogP contribution in [0.4, 0.5) is 18.9 Å². The fourth-order valence-electron chi connectivity index (χ4n) is 2.42. The molecule has 0 spiro atoms. The standard InChI is InChI=1S/C16H14F3N3S/c1-2-23-15-11(4-3-7-20-15)12-5-6-13-14(22-12)8-10(9-21-13)16(17,18)19/h3-4,7-9H,2,5-6H2,1H3. The number of alkyl halides is 3. The Morgan fingerprint density at radius 2 is 2.04 bits per heavy atom. The molecule has 0 radical (unpaired) electrons. The van der Waals surface area contributed by atoms with E-state index in [-0.39, 0.29) is 0 Å². The van der Waals surface area contributed by atoms with Crippen molar-refractivity contribution >= 4 is 23.2 Å². The number of aryl methyl sites for hydroxylation is 1. The highest BCUT2D eigenvalue weighted by Crippen LogP contribution is 2.35. The minimum atomic E-state index is -4.41. The van der Waals surface area contributed by atoms with Crippen LogP contribution in [0.25, 0.3) is 0 Å². The van der Waals surface area contributed by atoms with Crippen molar-refractivity contribution in [1.82, 2.24) is 9.97 Å². The maximum absolute atomic E-state index is 12.8. The summed E-state index contributed by atoms with van der Waals surface area (Å²) in [6, 6.07) is 4.80. The van der Waals surface area contributed by atoms with E-state index < -0.39 is 11.7 Å². The largest absolute Gasteiger partial charge is 0.417 e. The van der Waals surface area contributed by atoms with E-state index in [4.69, 9.17) is 0 Å². The number of hydrogen-bond acceptors (Lipinski definition) is 4. The number of aromatic nitrogens is 2. The molecule has 0 saturated carbocycles. The molecule has 0 atom stereocenters. The summed E-state index contributed by atoms with van der Waals surface area (Å²) in [5, 5.41) is 0.858. The summed E-state index contributed by atoms with van der Waals surface area (Å²) in [6.07, 6.45) is -0.595. The second-order valence-electron chi connectivity index (χ2n) is 5.04. The zero-order valence-electron chi connectivity index (χ0n) is 12.4. The normalized spacial score (nSPS) is 14.3. The molecule has 7 heteroatoms. The molecule has 3 heterocycles. The highest BCUT2D eigenvalue weighted by Gasteiger charge is 2.32. The average molecular weight is 337 g/mol. The first-order valence-corrected chi connectivity index (χ1v) is 8.19. The van der Waals surface area contributed by atoms with Crippen molar-refractivity contribution < 1.29 is 13.2 Å². The van der Waals surface area contributed by atoms with E-state index in [1.54, 1.807) is 18.0 Å². The van der Waals surface area contributed by atoms with Crippen molar-refractivity contribution in [2.45, 2.75) is 31.0 Å². The van der Waals surface area contributed by atoms with Crippen molar-refractivity contribution in [1.29, 1.82) is 0 Å². The monoisotopic (exact) mass is 337 g/mol. The Bertz CT molecular complexity index is 756. The van der Waals surface area contributed by atoms with Gasteiger partial charge in [0, 0.05) is 18.0 Å². The molecular weight excluding hydrogens is 323 g/mol. The number of aliphatic imine (C=N–C) groups is 1. The smallest absolute Gasteiger partial charge is 0.258 e. The Balaban J connectivity index is 2.03. The van der Waals surface area contributed by atoms with Crippen LogP contribution in [0, 0.1) is 0 Å². The molecular formula is C16H14F3N3S. The van der Waals surface area contributed by atoms with Crippen LogP contribution in [0.2, 0.25) is 0 Å². The first-order valence-electron chi connectivity index (χ1n) is 7.21. The van der Waals surface area contributed by atoms with E-state index in [0.717, 1.165) is 34.3 Å². The van der Waals surface area contributed by atoms with Gasteiger partial charge in [0.2, 0.25) is 0 Å². The minimum absolute atomic E-state index is 0.303. The number of thioether (sulfide) groups is 1. The molecule has 2 aromatic heterocycles. The number of halogens is 3. The van der Waals surface area contributed by atoms with Gasteiger partial charge in [0.25, 0.3) is 0 Å². The summed E-state index contributed by atoms with van der Waals surface area (Å²) >= 11 is 1.60. The lowest BCUT2D eigenvalue weighted by Crippen LogP contribution is -2.12. The molecule has 1 aliphatic heterocycles. The number of fused-ring (bicyclic) bond motifs is 1. The topological polar surface area (TPSA) is 38.1 Å². The second-order valence-corrected chi connectivity index (χ2v) is 6.29. The maximum Gasteiger partial charge on any atom is 0.417 e. The first-order chi connectivity index (χ1) is 11.0. The van der Waals surface area contributed by atoms with Crippen molar-refractivity contribution in [3.8, 4) is 0 Å². The molecule has 1 aliphatic rings. The summed E-state index contributed by atoms with van der Waals surface area (Å²) in [5.74, 6) is 0.869. The van der Waals surface area contributed by atoms with Crippen LogP contribution in [0.5, 0.6) is 0 Å². The number of rotatable bonds is 3. The average Bonchev–Trinajstić information content (AvgIpc) is 2.54. The Kier molecular flexibility index (Phi) is 4.39. The Labute approximate surface area is 136 Å². The van der Waals surface area contributed by atoms with E-state index >= 15 is 0 Å². The lowest BCUT2D eigenvalue weighted by molar-refractivity contribution is -0.137. The molecule has 0 amide bonds. The molecule has 23 heavy (non-hydrogen) atoms. The van der Waals surface area contributed by atoms with Gasteiger partial charge in [0.05, 0.1) is 22.7 Å². The molecule has 0 saturated heterocycles. The molecule has 0 fully saturated rings. The van der Waals surface area contributed by atoms with E-state index in [2.05, 4.69) is 15.0 Å². The maximum atomic E-state index is 12.8. The Morgan fingerprint density at radius 3 is 2.78 bits per heavy atom. The summed E-state index contributed by atoms with van der Waals surface area (Å²) in [4.78, 5) is 12.7. The van der Waals surface area contributed by atoms with Gasteiger partial charge in [-0.05, 0) is 36.8 Å². The van der Waals surface area contributed by atoms with Crippen LogP contribution in [-0.4, -0.2) is 21.4 Å². The Morgan fingerprint density at radius 1 is 1.22 bits per heavy atom. The zero-order valence-corrected chi connectivity index (χ0v) is 13.2. The van der Waals surface area contributed by atoms with Crippen LogP contribution >= 0.6 is 11.8 Å². The van der Waals surface area contributed by atoms with Crippen molar-refractivity contribution in [3.63, 3.8) is 0 Å². The third-order valence-electron chi connectivity index (χ3n) is 3.49. The molecule has 2 aromatic rings. The molecule has 0 unspecified atom stereocenters. The van der Waals surface area contributed by atoms with E-state index in [9.17, 15) is 13.2 Å². The van der Waals surface area contributed by atoms with Gasteiger partial charge >= 0.3 is 6.18 Å². The second kappa shape index (κ2) is 6.31. The number of pyridine rings is 2. The summed E-state index contributed by atoms with van der Waals surface area (Å²) in [7, 11) is 0. The predicted octanol–water partition coefficient (Wildman–Crippen LogP) is 4.67. The molecule has 3 nitrogen and oxygen atoms in total. The highest BCUT2D eigenvalue weighted by atomic mass is 32.2. The van der Waals surface area contributed by atoms with E-state index in [0.29, 0.717) is 24.2 Å². The van der Waals surface area contributed by atoms with Crippen LogP contribution in [0.15, 0.2) is 40.6 Å².